The van der Waals surface area contributed by atoms with E-state index in [1.807, 2.05) is 26.8 Å². The van der Waals surface area contributed by atoms with E-state index in [-0.39, 0.29) is 17.9 Å². The smallest absolute Gasteiger partial charge is 0.410 e. The molecule has 2 N–H and O–H groups in total. The van der Waals surface area contributed by atoms with Crippen LogP contribution < -0.4 is 10.1 Å². The first-order valence-electron chi connectivity index (χ1n) is 7.39. The molecule has 22 heavy (non-hydrogen) atoms. The first kappa shape index (κ1) is 16.4. The number of nitrogens with zero attached hydrogens (tertiary/aromatic N) is 1. The quantitative estimate of drug-likeness (QED) is 0.877. The molecule has 1 aromatic rings. The zero-order valence-electron chi connectivity index (χ0n) is 13.5. The predicted molar refractivity (Wildman–Crippen MR) is 83.2 cm³/mol. The monoisotopic (exact) mass is 308 g/mol. The highest BCUT2D eigenvalue weighted by atomic mass is 16.6. The second-order valence-electron chi connectivity index (χ2n) is 6.32. The first-order chi connectivity index (χ1) is 10.3. The third-order valence-corrected chi connectivity index (χ3v) is 3.46. The maximum absolute atomic E-state index is 12.4. The third kappa shape index (κ3) is 3.82. The summed E-state index contributed by atoms with van der Waals surface area (Å²) in [5.74, 6) is 0.478. The van der Waals surface area contributed by atoms with E-state index in [1.54, 1.807) is 17.0 Å². The van der Waals surface area contributed by atoms with Crippen molar-refractivity contribution in [3.8, 4) is 11.5 Å². The summed E-state index contributed by atoms with van der Waals surface area (Å²) in [5.41, 5.74) is 0.311. The number of methoxy groups -OCH3 is 1. The number of piperazine rings is 1. The van der Waals surface area contributed by atoms with Crippen molar-refractivity contribution in [3.05, 3.63) is 23.8 Å². The van der Waals surface area contributed by atoms with E-state index in [0.717, 1.165) is 12.1 Å². The Morgan fingerprint density at radius 2 is 2.14 bits per heavy atom. The molecule has 1 unspecified atom stereocenters. The Bertz CT molecular complexity index is 539. The van der Waals surface area contributed by atoms with Crippen molar-refractivity contribution >= 4 is 6.09 Å². The van der Waals surface area contributed by atoms with Crippen LogP contribution in [0.5, 0.6) is 11.5 Å². The summed E-state index contributed by atoms with van der Waals surface area (Å²) >= 11 is 0. The summed E-state index contributed by atoms with van der Waals surface area (Å²) in [6.07, 6.45) is -0.339. The number of ether oxygens (including phenoxy) is 2. The van der Waals surface area contributed by atoms with Gasteiger partial charge in [0.05, 0.1) is 13.2 Å². The summed E-state index contributed by atoms with van der Waals surface area (Å²) in [4.78, 5) is 14.1. The molecule has 0 radical (unpaired) electrons. The summed E-state index contributed by atoms with van der Waals surface area (Å²) in [5, 5.41) is 13.2. The van der Waals surface area contributed by atoms with Crippen molar-refractivity contribution in [1.29, 1.82) is 0 Å². The van der Waals surface area contributed by atoms with Gasteiger partial charge in [-0.2, -0.15) is 0 Å². The molecule has 6 heteroatoms. The second kappa shape index (κ2) is 6.44. The molecule has 0 aliphatic carbocycles. The average molecular weight is 308 g/mol. The molecule has 1 aromatic carbocycles. The Balaban J connectivity index is 2.22. The Hall–Kier alpha value is -1.95. The van der Waals surface area contributed by atoms with Crippen molar-refractivity contribution in [2.24, 2.45) is 0 Å². The van der Waals surface area contributed by atoms with Gasteiger partial charge >= 0.3 is 6.09 Å². The van der Waals surface area contributed by atoms with E-state index in [4.69, 9.17) is 9.47 Å². The molecule has 0 saturated carbocycles. The molecular formula is C16H24N2O4. The number of phenolic OH excluding ortho intramolecular Hbond substituents is 1. The second-order valence-corrected chi connectivity index (χ2v) is 6.32. The molecular weight excluding hydrogens is 284 g/mol. The molecule has 122 valence electrons. The minimum Gasteiger partial charge on any atom is -0.504 e. The number of hydrogen-bond donors (Lipinski definition) is 2. The van der Waals surface area contributed by atoms with Gasteiger partial charge < -0.3 is 19.9 Å². The van der Waals surface area contributed by atoms with Gasteiger partial charge in [-0.05, 0) is 38.5 Å². The number of amides is 1. The van der Waals surface area contributed by atoms with Crippen LogP contribution in [0, 0.1) is 0 Å². The lowest BCUT2D eigenvalue weighted by Crippen LogP contribution is -2.50. The van der Waals surface area contributed by atoms with Crippen LogP contribution in [0.15, 0.2) is 18.2 Å². The maximum atomic E-state index is 12.4. The fourth-order valence-electron chi connectivity index (χ4n) is 2.46. The lowest BCUT2D eigenvalue weighted by Gasteiger charge is -2.37. The SMILES string of the molecule is COc1ccc(C2CNCCN2C(=O)OC(C)(C)C)cc1O. The minimum atomic E-state index is -0.533. The van der Waals surface area contributed by atoms with Gasteiger partial charge in [0, 0.05) is 19.6 Å². The highest BCUT2D eigenvalue weighted by Crippen LogP contribution is 2.32. The maximum Gasteiger partial charge on any atom is 0.410 e. The topological polar surface area (TPSA) is 71.0 Å². The van der Waals surface area contributed by atoms with Gasteiger partial charge in [-0.25, -0.2) is 4.79 Å². The summed E-state index contributed by atoms with van der Waals surface area (Å²) < 4.78 is 10.5. The molecule has 1 heterocycles. The van der Waals surface area contributed by atoms with Gasteiger partial charge in [-0.3, -0.25) is 4.90 Å². The molecule has 1 aliphatic heterocycles. The number of carbonyl (C=O) groups excluding carboxylic acids is 1. The van der Waals surface area contributed by atoms with Crippen LogP contribution in [0.25, 0.3) is 0 Å². The van der Waals surface area contributed by atoms with Crippen LogP contribution in [0.4, 0.5) is 4.79 Å². The number of hydrogen-bond acceptors (Lipinski definition) is 5. The molecule has 1 atom stereocenters. The van der Waals surface area contributed by atoms with Crippen molar-refractivity contribution in [2.45, 2.75) is 32.4 Å². The first-order valence-corrected chi connectivity index (χ1v) is 7.39. The molecule has 1 fully saturated rings. The Kier molecular flexibility index (Phi) is 4.81. The van der Waals surface area contributed by atoms with Gasteiger partial charge in [0.2, 0.25) is 0 Å². The largest absolute Gasteiger partial charge is 0.504 e. The molecule has 0 bridgehead atoms. The Labute approximate surface area is 131 Å². The summed E-state index contributed by atoms with van der Waals surface area (Å²) in [6, 6.07) is 5.01. The van der Waals surface area contributed by atoms with Crippen LogP contribution in [-0.2, 0) is 4.74 Å². The van der Waals surface area contributed by atoms with E-state index in [1.165, 1.54) is 7.11 Å². The highest BCUT2D eigenvalue weighted by Gasteiger charge is 2.31. The number of phenols is 1. The molecule has 0 aromatic heterocycles. The lowest BCUT2D eigenvalue weighted by atomic mass is 10.0. The number of nitrogens with one attached hydrogen (secondary N) is 1. The fraction of sp³-hybridized carbons (Fsp3) is 0.562. The van der Waals surface area contributed by atoms with Gasteiger partial charge in [0.1, 0.15) is 5.60 Å². The van der Waals surface area contributed by atoms with Crippen molar-refractivity contribution in [2.75, 3.05) is 26.7 Å². The zero-order valence-corrected chi connectivity index (χ0v) is 13.5. The van der Waals surface area contributed by atoms with E-state index in [9.17, 15) is 9.90 Å². The number of rotatable bonds is 2. The van der Waals surface area contributed by atoms with Crippen LogP contribution >= 0.6 is 0 Å². The Morgan fingerprint density at radius 3 is 2.73 bits per heavy atom. The third-order valence-electron chi connectivity index (χ3n) is 3.46. The van der Waals surface area contributed by atoms with Crippen molar-refractivity contribution in [1.82, 2.24) is 10.2 Å². The summed E-state index contributed by atoms with van der Waals surface area (Å²) in [6.45, 7) is 7.44. The summed E-state index contributed by atoms with van der Waals surface area (Å²) in [7, 11) is 1.50. The normalized spacial score (nSPS) is 18.9. The van der Waals surface area contributed by atoms with Crippen LogP contribution in [0.3, 0.4) is 0 Å². The van der Waals surface area contributed by atoms with Crippen molar-refractivity contribution in [3.63, 3.8) is 0 Å². The number of benzene rings is 1. The Morgan fingerprint density at radius 1 is 1.41 bits per heavy atom. The molecule has 6 nitrogen and oxygen atoms in total. The van der Waals surface area contributed by atoms with Crippen LogP contribution in [0.1, 0.15) is 32.4 Å². The fourth-order valence-corrected chi connectivity index (χ4v) is 2.46. The zero-order chi connectivity index (χ0) is 16.3. The molecule has 1 amide bonds. The van der Waals surface area contributed by atoms with Gasteiger partial charge in [0.15, 0.2) is 11.5 Å². The van der Waals surface area contributed by atoms with Crippen LogP contribution in [-0.4, -0.2) is 48.4 Å². The van der Waals surface area contributed by atoms with E-state index < -0.39 is 5.60 Å². The predicted octanol–water partition coefficient (Wildman–Crippen LogP) is 2.28. The number of carbonyl (C=O) groups is 1. The van der Waals surface area contributed by atoms with Gasteiger partial charge in [-0.1, -0.05) is 6.07 Å². The molecule has 1 saturated heterocycles. The average Bonchev–Trinajstić information content (AvgIpc) is 2.45. The molecule has 0 spiro atoms. The highest BCUT2D eigenvalue weighted by molar-refractivity contribution is 5.69. The van der Waals surface area contributed by atoms with Crippen molar-refractivity contribution < 1.29 is 19.4 Å². The van der Waals surface area contributed by atoms with Gasteiger partial charge in [-0.15, -0.1) is 0 Å². The molecule has 1 aliphatic rings. The molecule has 2 rings (SSSR count). The standard InChI is InChI=1S/C16H24N2O4/c1-16(2,3)22-15(20)18-8-7-17-10-12(18)11-5-6-14(21-4)13(19)9-11/h5-6,9,12,17,19H,7-8,10H2,1-4H3. The van der Waals surface area contributed by atoms with E-state index in [0.29, 0.717) is 18.8 Å². The van der Waals surface area contributed by atoms with Crippen LogP contribution in [0.2, 0.25) is 0 Å². The lowest BCUT2D eigenvalue weighted by molar-refractivity contribution is 0.0117. The van der Waals surface area contributed by atoms with Gasteiger partial charge in [0.25, 0.3) is 0 Å². The van der Waals surface area contributed by atoms with E-state index in [2.05, 4.69) is 5.32 Å². The minimum absolute atomic E-state index is 0.0645. The van der Waals surface area contributed by atoms with E-state index >= 15 is 0 Å². The number of aromatic hydroxyl groups is 1.